The molecule has 1 atom stereocenters. The summed E-state index contributed by atoms with van der Waals surface area (Å²) in [5.41, 5.74) is 3.19. The third-order valence-corrected chi connectivity index (χ3v) is 5.70. The number of nitrogens with one attached hydrogen (secondary N) is 1. The van der Waals surface area contributed by atoms with Crippen molar-refractivity contribution in [3.63, 3.8) is 0 Å². The molecule has 0 aliphatic heterocycles. The fourth-order valence-corrected chi connectivity index (χ4v) is 3.76. The Bertz CT molecular complexity index is 997. The van der Waals surface area contributed by atoms with E-state index in [-0.39, 0.29) is 11.2 Å². The fourth-order valence-electron chi connectivity index (χ4n) is 2.87. The lowest BCUT2D eigenvalue weighted by atomic mass is 10.1. The molecule has 0 aliphatic carbocycles. The highest BCUT2D eigenvalue weighted by atomic mass is 32.2. The van der Waals surface area contributed by atoms with Gasteiger partial charge in [-0.3, -0.25) is 9.36 Å². The van der Waals surface area contributed by atoms with Crippen molar-refractivity contribution in [3.05, 3.63) is 72.3 Å². The van der Waals surface area contributed by atoms with Gasteiger partial charge in [0, 0.05) is 18.7 Å². The molecular formula is C23H26N4O2S. The van der Waals surface area contributed by atoms with E-state index < -0.39 is 0 Å². The number of benzene rings is 2. The van der Waals surface area contributed by atoms with E-state index in [4.69, 9.17) is 4.74 Å². The molecule has 0 aliphatic rings. The number of carbonyl (C=O) groups is 1. The quantitative estimate of drug-likeness (QED) is 0.412. The van der Waals surface area contributed by atoms with Crippen LogP contribution in [0.1, 0.15) is 18.1 Å². The Hall–Kier alpha value is -3.06. The monoisotopic (exact) mass is 422 g/mol. The average molecular weight is 423 g/mol. The van der Waals surface area contributed by atoms with E-state index in [2.05, 4.69) is 22.1 Å². The van der Waals surface area contributed by atoms with Crippen LogP contribution >= 0.6 is 11.8 Å². The lowest BCUT2D eigenvalue weighted by molar-refractivity contribution is -0.120. The molecule has 6 nitrogen and oxygen atoms in total. The average Bonchev–Trinajstić information content (AvgIpc) is 3.15. The van der Waals surface area contributed by atoms with E-state index in [9.17, 15) is 4.79 Å². The van der Waals surface area contributed by atoms with Crippen LogP contribution in [0.2, 0.25) is 0 Å². The first-order valence-corrected chi connectivity index (χ1v) is 10.6. The molecule has 1 heterocycles. The van der Waals surface area contributed by atoms with Gasteiger partial charge in [-0.2, -0.15) is 0 Å². The van der Waals surface area contributed by atoms with Crippen molar-refractivity contribution in [2.24, 2.45) is 0 Å². The summed E-state index contributed by atoms with van der Waals surface area (Å²) in [7, 11) is 1.63. The zero-order valence-electron chi connectivity index (χ0n) is 17.5. The molecule has 0 saturated heterocycles. The minimum atomic E-state index is -0.313. The maximum absolute atomic E-state index is 12.6. The number of hydrogen-bond donors (Lipinski definition) is 1. The number of ether oxygens (including phenoxy) is 1. The molecule has 1 aromatic heterocycles. The maximum Gasteiger partial charge on any atom is 0.233 e. The van der Waals surface area contributed by atoms with Crippen molar-refractivity contribution in [1.82, 2.24) is 20.1 Å². The molecule has 0 bridgehead atoms. The smallest absolute Gasteiger partial charge is 0.233 e. The van der Waals surface area contributed by atoms with Crippen LogP contribution in [0.4, 0.5) is 0 Å². The van der Waals surface area contributed by atoms with E-state index in [1.807, 2.05) is 66.9 Å². The topological polar surface area (TPSA) is 69.0 Å². The van der Waals surface area contributed by atoms with E-state index in [0.717, 1.165) is 22.7 Å². The second-order valence-electron chi connectivity index (χ2n) is 6.90. The summed E-state index contributed by atoms with van der Waals surface area (Å²) in [5, 5.41) is 12.0. The van der Waals surface area contributed by atoms with Crippen molar-refractivity contribution < 1.29 is 9.53 Å². The molecule has 7 heteroatoms. The van der Waals surface area contributed by atoms with Gasteiger partial charge >= 0.3 is 0 Å². The number of aryl methyl sites for hydroxylation is 1. The van der Waals surface area contributed by atoms with Crippen LogP contribution in [-0.2, 0) is 17.9 Å². The Morgan fingerprint density at radius 2 is 1.90 bits per heavy atom. The minimum Gasteiger partial charge on any atom is -0.497 e. The lowest BCUT2D eigenvalue weighted by Crippen LogP contribution is -2.30. The highest BCUT2D eigenvalue weighted by Crippen LogP contribution is 2.28. The Kier molecular flexibility index (Phi) is 7.30. The number of hydrogen-bond acceptors (Lipinski definition) is 5. The van der Waals surface area contributed by atoms with Gasteiger partial charge in [0.15, 0.2) is 11.0 Å². The van der Waals surface area contributed by atoms with Gasteiger partial charge < -0.3 is 10.1 Å². The molecule has 3 rings (SSSR count). The summed E-state index contributed by atoms with van der Waals surface area (Å²) < 4.78 is 7.18. The first kappa shape index (κ1) is 21.6. The highest BCUT2D eigenvalue weighted by Gasteiger charge is 2.20. The van der Waals surface area contributed by atoms with Crippen LogP contribution in [0.15, 0.2) is 66.3 Å². The van der Waals surface area contributed by atoms with E-state index >= 15 is 0 Å². The summed E-state index contributed by atoms with van der Waals surface area (Å²) in [6, 6.07) is 15.8. The summed E-state index contributed by atoms with van der Waals surface area (Å²) in [6.45, 7) is 8.80. The number of amides is 1. The standard InChI is InChI=1S/C23H26N4O2S/c1-5-14-27-21(19-10-12-20(29-4)13-11-19)25-26-23(27)30-17(3)22(28)24-15-18-8-6-16(2)7-9-18/h5-13,17H,1,14-15H2,2-4H3,(H,24,28)/t17-/m1/s1. The first-order chi connectivity index (χ1) is 14.5. The maximum atomic E-state index is 12.6. The number of thioether (sulfide) groups is 1. The Labute approximate surface area is 181 Å². The Balaban J connectivity index is 1.69. The lowest BCUT2D eigenvalue weighted by Gasteiger charge is -2.13. The second-order valence-corrected chi connectivity index (χ2v) is 8.21. The number of rotatable bonds is 9. The molecule has 0 saturated carbocycles. The molecule has 1 amide bonds. The zero-order chi connectivity index (χ0) is 21.5. The van der Waals surface area contributed by atoms with Gasteiger partial charge in [-0.25, -0.2) is 0 Å². The molecular weight excluding hydrogens is 396 g/mol. The van der Waals surface area contributed by atoms with Gasteiger partial charge in [-0.1, -0.05) is 47.7 Å². The van der Waals surface area contributed by atoms with Crippen LogP contribution < -0.4 is 10.1 Å². The SMILES string of the molecule is C=CCn1c(S[C@H](C)C(=O)NCc2ccc(C)cc2)nnc1-c1ccc(OC)cc1. The largest absolute Gasteiger partial charge is 0.497 e. The predicted octanol–water partition coefficient (Wildman–Crippen LogP) is 4.25. The van der Waals surface area contributed by atoms with Gasteiger partial charge in [0.25, 0.3) is 0 Å². The van der Waals surface area contributed by atoms with Crippen LogP contribution in [0.3, 0.4) is 0 Å². The Morgan fingerprint density at radius 3 is 2.53 bits per heavy atom. The molecule has 3 aromatic rings. The summed E-state index contributed by atoms with van der Waals surface area (Å²) in [6.07, 6.45) is 1.79. The van der Waals surface area contributed by atoms with Gasteiger partial charge in [-0.05, 0) is 43.7 Å². The highest BCUT2D eigenvalue weighted by molar-refractivity contribution is 8.00. The van der Waals surface area contributed by atoms with E-state index in [1.54, 1.807) is 13.2 Å². The third-order valence-electron chi connectivity index (χ3n) is 4.62. The van der Waals surface area contributed by atoms with Gasteiger partial charge in [0.05, 0.1) is 12.4 Å². The predicted molar refractivity (Wildman–Crippen MR) is 121 cm³/mol. The van der Waals surface area contributed by atoms with Crippen molar-refractivity contribution in [3.8, 4) is 17.1 Å². The molecule has 0 unspecified atom stereocenters. The third kappa shape index (κ3) is 5.30. The summed E-state index contributed by atoms with van der Waals surface area (Å²) >= 11 is 1.38. The molecule has 0 spiro atoms. The summed E-state index contributed by atoms with van der Waals surface area (Å²) in [4.78, 5) is 12.6. The molecule has 156 valence electrons. The number of allylic oxidation sites excluding steroid dienone is 1. The number of nitrogens with zero attached hydrogens (tertiary/aromatic N) is 3. The van der Waals surface area contributed by atoms with Crippen LogP contribution in [0, 0.1) is 6.92 Å². The van der Waals surface area contributed by atoms with Gasteiger partial charge in [0.1, 0.15) is 5.75 Å². The second kappa shape index (κ2) is 10.1. The van der Waals surface area contributed by atoms with Crippen molar-refractivity contribution in [2.75, 3.05) is 7.11 Å². The normalized spacial score (nSPS) is 11.7. The van der Waals surface area contributed by atoms with Crippen molar-refractivity contribution in [2.45, 2.75) is 37.3 Å². The van der Waals surface area contributed by atoms with E-state index in [0.29, 0.717) is 18.2 Å². The molecule has 0 radical (unpaired) electrons. The van der Waals surface area contributed by atoms with Crippen molar-refractivity contribution >= 4 is 17.7 Å². The minimum absolute atomic E-state index is 0.0419. The van der Waals surface area contributed by atoms with Gasteiger partial charge in [0.2, 0.25) is 5.91 Å². The van der Waals surface area contributed by atoms with Crippen LogP contribution in [-0.4, -0.2) is 33.0 Å². The molecule has 2 aromatic carbocycles. The molecule has 30 heavy (non-hydrogen) atoms. The van der Waals surface area contributed by atoms with Crippen molar-refractivity contribution in [1.29, 1.82) is 0 Å². The number of aromatic nitrogens is 3. The number of carbonyl (C=O) groups excluding carboxylic acids is 1. The number of methoxy groups -OCH3 is 1. The van der Waals surface area contributed by atoms with Gasteiger partial charge in [-0.15, -0.1) is 16.8 Å². The Morgan fingerprint density at radius 1 is 1.20 bits per heavy atom. The summed E-state index contributed by atoms with van der Waals surface area (Å²) in [5.74, 6) is 1.47. The zero-order valence-corrected chi connectivity index (χ0v) is 18.3. The molecule has 0 fully saturated rings. The first-order valence-electron chi connectivity index (χ1n) is 9.70. The van der Waals surface area contributed by atoms with Crippen LogP contribution in [0.25, 0.3) is 11.4 Å². The fraction of sp³-hybridized carbons (Fsp3) is 0.261. The van der Waals surface area contributed by atoms with Crippen LogP contribution in [0.5, 0.6) is 5.75 Å². The van der Waals surface area contributed by atoms with E-state index in [1.165, 1.54) is 17.3 Å². The molecule has 1 N–H and O–H groups in total.